The third-order valence-electron chi connectivity index (χ3n) is 7.20. The Labute approximate surface area is 219 Å². The summed E-state index contributed by atoms with van der Waals surface area (Å²) in [6.07, 6.45) is 3.31. The summed E-state index contributed by atoms with van der Waals surface area (Å²) in [7, 11) is -3.80. The fourth-order valence-corrected chi connectivity index (χ4v) is 6.14. The zero-order valence-electron chi connectivity index (χ0n) is 21.3. The van der Waals surface area contributed by atoms with Crippen LogP contribution in [0, 0.1) is 6.92 Å². The highest BCUT2D eigenvalue weighted by Crippen LogP contribution is 2.32. The minimum atomic E-state index is -3.80. The molecule has 8 heteroatoms. The molecule has 2 heterocycles. The molecule has 0 saturated carbocycles. The van der Waals surface area contributed by atoms with Gasteiger partial charge in [-0.3, -0.25) is 9.52 Å². The smallest absolute Gasteiger partial charge is 0.261 e. The Morgan fingerprint density at radius 2 is 1.43 bits per heavy atom. The van der Waals surface area contributed by atoms with Crippen LogP contribution in [-0.2, 0) is 10.0 Å². The van der Waals surface area contributed by atoms with Gasteiger partial charge in [-0.1, -0.05) is 35.9 Å². The highest BCUT2D eigenvalue weighted by atomic mass is 32.2. The summed E-state index contributed by atoms with van der Waals surface area (Å²) < 4.78 is 29.3. The Kier molecular flexibility index (Phi) is 7.37. The molecule has 1 N–H and O–H groups in total. The van der Waals surface area contributed by atoms with Crippen LogP contribution >= 0.6 is 0 Å². The lowest BCUT2D eigenvalue weighted by Crippen LogP contribution is -2.48. The monoisotopic (exact) mass is 518 g/mol. The molecule has 0 spiro atoms. The molecule has 0 unspecified atom stereocenters. The Morgan fingerprint density at radius 3 is 2.11 bits per heavy atom. The summed E-state index contributed by atoms with van der Waals surface area (Å²) in [6.45, 7) is 6.41. The molecule has 2 fully saturated rings. The number of nitrogens with one attached hydrogen (secondary N) is 1. The molecule has 3 aromatic carbocycles. The molecule has 0 aromatic heterocycles. The number of amides is 1. The highest BCUT2D eigenvalue weighted by molar-refractivity contribution is 7.92. The second kappa shape index (κ2) is 10.8. The van der Waals surface area contributed by atoms with Crippen LogP contribution in [0.15, 0.2) is 77.7 Å². The maximum Gasteiger partial charge on any atom is 0.261 e. The Balaban J connectivity index is 1.38. The van der Waals surface area contributed by atoms with E-state index in [0.29, 0.717) is 24.3 Å². The lowest BCUT2D eigenvalue weighted by molar-refractivity contribution is 0.0747. The van der Waals surface area contributed by atoms with E-state index >= 15 is 0 Å². The largest absolute Gasteiger partial charge is 0.370 e. The number of carbonyl (C=O) groups excluding carboxylic acids is 1. The third-order valence-corrected chi connectivity index (χ3v) is 8.59. The number of aryl methyl sites for hydroxylation is 1. The van der Waals surface area contributed by atoms with Crippen molar-refractivity contribution in [3.05, 3.63) is 83.9 Å². The summed E-state index contributed by atoms with van der Waals surface area (Å²) in [6, 6.07) is 22.5. The van der Waals surface area contributed by atoms with Crippen molar-refractivity contribution in [2.75, 3.05) is 53.8 Å². The number of sulfonamides is 1. The highest BCUT2D eigenvalue weighted by Gasteiger charge is 2.25. The van der Waals surface area contributed by atoms with E-state index in [4.69, 9.17) is 0 Å². The normalized spacial score (nSPS) is 16.5. The molecular formula is C29H34N4O3S. The average Bonchev–Trinajstić information content (AvgIpc) is 2.94. The quantitative estimate of drug-likeness (QED) is 0.510. The van der Waals surface area contributed by atoms with Gasteiger partial charge in [0.25, 0.3) is 15.9 Å². The molecule has 37 heavy (non-hydrogen) atoms. The minimum absolute atomic E-state index is 0.0753. The van der Waals surface area contributed by atoms with Crippen LogP contribution in [0.2, 0.25) is 0 Å². The number of hydrogen-bond acceptors (Lipinski definition) is 5. The van der Waals surface area contributed by atoms with Crippen molar-refractivity contribution in [2.45, 2.75) is 31.1 Å². The lowest BCUT2D eigenvalue weighted by Gasteiger charge is -2.36. The first-order valence-electron chi connectivity index (χ1n) is 13.0. The van der Waals surface area contributed by atoms with Gasteiger partial charge in [0.1, 0.15) is 0 Å². The number of rotatable bonds is 6. The van der Waals surface area contributed by atoms with Gasteiger partial charge >= 0.3 is 0 Å². The van der Waals surface area contributed by atoms with Crippen molar-refractivity contribution in [3.63, 3.8) is 0 Å². The first-order chi connectivity index (χ1) is 17.9. The van der Waals surface area contributed by atoms with Crippen molar-refractivity contribution >= 4 is 33.0 Å². The molecular weight excluding hydrogens is 484 g/mol. The number of piperidine rings is 1. The summed E-state index contributed by atoms with van der Waals surface area (Å²) >= 11 is 0. The van der Waals surface area contributed by atoms with Crippen LogP contribution in [0.25, 0.3) is 0 Å². The van der Waals surface area contributed by atoms with Gasteiger partial charge in [-0.15, -0.1) is 0 Å². The minimum Gasteiger partial charge on any atom is -0.370 e. The topological polar surface area (TPSA) is 73.0 Å². The van der Waals surface area contributed by atoms with Crippen LogP contribution in [0.4, 0.5) is 17.1 Å². The van der Waals surface area contributed by atoms with Crippen LogP contribution in [-0.4, -0.2) is 58.5 Å². The molecule has 5 rings (SSSR count). The average molecular weight is 519 g/mol. The summed E-state index contributed by atoms with van der Waals surface area (Å²) in [5, 5.41) is 0. The first kappa shape index (κ1) is 25.1. The van der Waals surface area contributed by atoms with E-state index in [0.717, 1.165) is 56.0 Å². The molecule has 0 atom stereocenters. The first-order valence-corrected chi connectivity index (χ1v) is 14.5. The molecule has 2 saturated heterocycles. The Hall–Kier alpha value is -3.52. The number of hydrogen-bond donors (Lipinski definition) is 1. The molecule has 0 bridgehead atoms. The maximum atomic E-state index is 13.5. The standard InChI is InChI=1S/C29H34N4O3S/c1-23-10-13-26(14-11-23)37(35,36)30-27-22-24(12-15-28(27)32-16-6-3-7-17-32)29(34)33-20-18-31(19-21-33)25-8-4-2-5-9-25/h2,4-5,8-15,22,30H,3,6-7,16-21H2,1H3. The number of anilines is 3. The van der Waals surface area contributed by atoms with Gasteiger partial charge in [-0.05, 0) is 68.7 Å². The van der Waals surface area contributed by atoms with Gasteiger partial charge < -0.3 is 14.7 Å². The van der Waals surface area contributed by atoms with Crippen molar-refractivity contribution in [1.82, 2.24) is 4.90 Å². The molecule has 3 aromatic rings. The number of piperazine rings is 1. The van der Waals surface area contributed by atoms with Crippen LogP contribution in [0.3, 0.4) is 0 Å². The zero-order valence-corrected chi connectivity index (χ0v) is 22.1. The zero-order chi connectivity index (χ0) is 25.8. The number of benzene rings is 3. The predicted octanol–water partition coefficient (Wildman–Crippen LogP) is 4.75. The van der Waals surface area contributed by atoms with Gasteiger partial charge in [0.2, 0.25) is 0 Å². The van der Waals surface area contributed by atoms with Crippen molar-refractivity contribution < 1.29 is 13.2 Å². The summed E-state index contributed by atoms with van der Waals surface area (Å²) in [4.78, 5) is 20.0. The van der Waals surface area contributed by atoms with E-state index in [1.807, 2.05) is 42.2 Å². The van der Waals surface area contributed by atoms with E-state index in [9.17, 15) is 13.2 Å². The fraction of sp³-hybridized carbons (Fsp3) is 0.345. The third kappa shape index (κ3) is 5.74. The molecule has 7 nitrogen and oxygen atoms in total. The number of para-hydroxylation sites is 1. The van der Waals surface area contributed by atoms with Crippen molar-refractivity contribution in [3.8, 4) is 0 Å². The molecule has 1 amide bonds. The van der Waals surface area contributed by atoms with E-state index in [-0.39, 0.29) is 10.8 Å². The summed E-state index contributed by atoms with van der Waals surface area (Å²) in [5.41, 5.74) is 3.92. The van der Waals surface area contributed by atoms with E-state index < -0.39 is 10.0 Å². The van der Waals surface area contributed by atoms with E-state index in [1.165, 1.54) is 6.42 Å². The van der Waals surface area contributed by atoms with Gasteiger partial charge in [0, 0.05) is 50.5 Å². The van der Waals surface area contributed by atoms with E-state index in [2.05, 4.69) is 26.7 Å². The van der Waals surface area contributed by atoms with Gasteiger partial charge in [0.05, 0.1) is 16.3 Å². The second-order valence-corrected chi connectivity index (χ2v) is 11.5. The van der Waals surface area contributed by atoms with Gasteiger partial charge in [0.15, 0.2) is 0 Å². The number of carbonyl (C=O) groups is 1. The van der Waals surface area contributed by atoms with Crippen molar-refractivity contribution in [1.29, 1.82) is 0 Å². The van der Waals surface area contributed by atoms with Crippen molar-refractivity contribution in [2.24, 2.45) is 0 Å². The van der Waals surface area contributed by atoms with E-state index in [1.54, 1.807) is 30.3 Å². The second-order valence-electron chi connectivity index (χ2n) is 9.81. The Bertz CT molecular complexity index is 1330. The molecule has 2 aliphatic rings. The maximum absolute atomic E-state index is 13.5. The van der Waals surface area contributed by atoms with Gasteiger partial charge in [-0.2, -0.15) is 0 Å². The molecule has 0 aliphatic carbocycles. The predicted molar refractivity (Wildman–Crippen MR) is 149 cm³/mol. The Morgan fingerprint density at radius 1 is 0.757 bits per heavy atom. The van der Waals surface area contributed by atoms with Crippen LogP contribution in [0.1, 0.15) is 35.2 Å². The SMILES string of the molecule is Cc1ccc(S(=O)(=O)Nc2cc(C(=O)N3CCN(c4ccccc4)CC3)ccc2N2CCCCC2)cc1. The number of nitrogens with zero attached hydrogens (tertiary/aromatic N) is 3. The van der Waals surface area contributed by atoms with Crippen LogP contribution < -0.4 is 14.5 Å². The lowest BCUT2D eigenvalue weighted by atomic mass is 10.1. The molecule has 194 valence electrons. The molecule has 2 aliphatic heterocycles. The van der Waals surface area contributed by atoms with Crippen LogP contribution in [0.5, 0.6) is 0 Å². The summed E-state index contributed by atoms with van der Waals surface area (Å²) in [5.74, 6) is -0.0753. The molecule has 0 radical (unpaired) electrons. The van der Waals surface area contributed by atoms with Gasteiger partial charge in [-0.25, -0.2) is 8.42 Å². The fourth-order valence-electron chi connectivity index (χ4n) is 5.07.